The first-order chi connectivity index (χ1) is 13.6. The molecule has 0 aliphatic rings. The van der Waals surface area contributed by atoms with Gasteiger partial charge in [0.05, 0.1) is 38.2 Å². The van der Waals surface area contributed by atoms with Crippen molar-refractivity contribution in [2.75, 3.05) is 21.3 Å². The summed E-state index contributed by atoms with van der Waals surface area (Å²) in [6, 6.07) is 3.30. The lowest BCUT2D eigenvalue weighted by Crippen LogP contribution is -2.09. The first-order valence-electron chi connectivity index (χ1n) is 7.78. The van der Waals surface area contributed by atoms with Crippen LogP contribution in [0.1, 0.15) is 11.1 Å². The van der Waals surface area contributed by atoms with Gasteiger partial charge in [0.2, 0.25) is 9.84 Å². The molecule has 0 saturated heterocycles. The second-order valence-corrected chi connectivity index (χ2v) is 7.46. The SMILES string of the molecule is COc1cc(OC)c(CS(=O)(=O)/C(F)=C(\F)c2ccc(F)c(F)c2F)c(OC)c1. The Morgan fingerprint density at radius 2 is 1.45 bits per heavy atom. The van der Waals surface area contributed by atoms with Crippen molar-refractivity contribution >= 4 is 15.7 Å². The van der Waals surface area contributed by atoms with Crippen LogP contribution in [0.5, 0.6) is 17.2 Å². The monoisotopic (exact) mass is 438 g/mol. The van der Waals surface area contributed by atoms with E-state index in [0.717, 1.165) is 0 Å². The highest BCUT2D eigenvalue weighted by molar-refractivity contribution is 7.94. The zero-order valence-electron chi connectivity index (χ0n) is 15.4. The molecule has 0 unspecified atom stereocenters. The smallest absolute Gasteiger partial charge is 0.251 e. The summed E-state index contributed by atoms with van der Waals surface area (Å²) in [7, 11) is -1.29. The fraction of sp³-hybridized carbons (Fsp3) is 0.222. The lowest BCUT2D eigenvalue weighted by molar-refractivity contribution is 0.370. The van der Waals surface area contributed by atoms with E-state index in [1.165, 1.54) is 33.5 Å². The van der Waals surface area contributed by atoms with Crippen molar-refractivity contribution in [1.82, 2.24) is 0 Å². The maximum Gasteiger partial charge on any atom is 0.251 e. The Morgan fingerprint density at radius 1 is 0.897 bits per heavy atom. The summed E-state index contributed by atoms with van der Waals surface area (Å²) in [5.74, 6) is -8.98. The highest BCUT2D eigenvalue weighted by Gasteiger charge is 2.30. The van der Waals surface area contributed by atoms with Crippen LogP contribution in [-0.4, -0.2) is 29.7 Å². The van der Waals surface area contributed by atoms with Crippen LogP contribution in [0.3, 0.4) is 0 Å². The van der Waals surface area contributed by atoms with Crippen molar-refractivity contribution in [2.24, 2.45) is 0 Å². The summed E-state index contributed by atoms with van der Waals surface area (Å²) in [6.07, 6.45) is 0. The van der Waals surface area contributed by atoms with Gasteiger partial charge < -0.3 is 14.2 Å². The Hall–Kier alpha value is -2.82. The molecule has 5 nitrogen and oxygen atoms in total. The maximum absolute atomic E-state index is 14.4. The Balaban J connectivity index is 2.57. The molecule has 2 rings (SSSR count). The predicted octanol–water partition coefficient (Wildman–Crippen LogP) is 4.31. The number of hydrogen-bond donors (Lipinski definition) is 0. The van der Waals surface area contributed by atoms with Gasteiger partial charge in [-0.15, -0.1) is 0 Å². The van der Waals surface area contributed by atoms with Gasteiger partial charge >= 0.3 is 0 Å². The molecule has 0 bridgehead atoms. The first kappa shape index (κ1) is 22.5. The minimum absolute atomic E-state index is 0.0583. The van der Waals surface area contributed by atoms with E-state index >= 15 is 0 Å². The van der Waals surface area contributed by atoms with Crippen molar-refractivity contribution in [3.63, 3.8) is 0 Å². The molecule has 2 aromatic rings. The van der Waals surface area contributed by atoms with Gasteiger partial charge in [-0.05, 0) is 12.1 Å². The molecule has 0 saturated carbocycles. The van der Waals surface area contributed by atoms with Gasteiger partial charge in [-0.2, -0.15) is 4.39 Å². The predicted molar refractivity (Wildman–Crippen MR) is 94.2 cm³/mol. The van der Waals surface area contributed by atoms with Crippen LogP contribution in [-0.2, 0) is 15.6 Å². The summed E-state index contributed by atoms with van der Waals surface area (Å²) in [5, 5.41) is -2.36. The average Bonchev–Trinajstić information content (AvgIpc) is 2.70. The molecule has 0 aliphatic carbocycles. The summed E-state index contributed by atoms with van der Waals surface area (Å²) >= 11 is 0. The molecule has 0 aromatic heterocycles. The van der Waals surface area contributed by atoms with E-state index in [1.807, 2.05) is 0 Å². The molecule has 0 heterocycles. The van der Waals surface area contributed by atoms with Crippen molar-refractivity contribution in [1.29, 1.82) is 0 Å². The van der Waals surface area contributed by atoms with Crippen molar-refractivity contribution in [2.45, 2.75) is 5.75 Å². The third kappa shape index (κ3) is 4.44. The van der Waals surface area contributed by atoms with Gasteiger partial charge in [0, 0.05) is 12.1 Å². The molecule has 0 amide bonds. The molecule has 0 radical (unpaired) electrons. The molecular weight excluding hydrogens is 423 g/mol. The molecule has 158 valence electrons. The number of halogens is 5. The van der Waals surface area contributed by atoms with E-state index in [4.69, 9.17) is 14.2 Å². The van der Waals surface area contributed by atoms with Gasteiger partial charge in [-0.25, -0.2) is 26.0 Å². The second-order valence-electron chi connectivity index (χ2n) is 5.58. The Bertz CT molecular complexity index is 1040. The standard InChI is InChI=1S/C18H15F5O5S/c1-26-9-6-13(27-2)11(14(7-9)28-3)8-29(24,25)18(23)16(21)10-4-5-12(19)17(22)15(10)20/h4-7H,8H2,1-3H3/b18-16-. The van der Waals surface area contributed by atoms with Crippen LogP contribution in [0.4, 0.5) is 22.0 Å². The Kier molecular flexibility index (Phi) is 6.73. The van der Waals surface area contributed by atoms with E-state index in [1.54, 1.807) is 0 Å². The fourth-order valence-corrected chi connectivity index (χ4v) is 3.59. The highest BCUT2D eigenvalue weighted by atomic mass is 32.2. The molecule has 0 spiro atoms. The normalized spacial score (nSPS) is 12.4. The molecule has 29 heavy (non-hydrogen) atoms. The summed E-state index contributed by atoms with van der Waals surface area (Å²) in [4.78, 5) is 0. The molecule has 0 N–H and O–H groups in total. The number of hydrogen-bond acceptors (Lipinski definition) is 5. The molecular formula is C18H15F5O5S. The number of sulfone groups is 1. The van der Waals surface area contributed by atoms with Crippen LogP contribution < -0.4 is 14.2 Å². The zero-order chi connectivity index (χ0) is 21.9. The zero-order valence-corrected chi connectivity index (χ0v) is 16.2. The van der Waals surface area contributed by atoms with Crippen molar-refractivity contribution in [3.8, 4) is 17.2 Å². The molecule has 2 aromatic carbocycles. The van der Waals surface area contributed by atoms with Gasteiger partial charge in [0.15, 0.2) is 23.3 Å². The lowest BCUT2D eigenvalue weighted by Gasteiger charge is -2.15. The van der Waals surface area contributed by atoms with Gasteiger partial charge in [0.1, 0.15) is 17.2 Å². The minimum Gasteiger partial charge on any atom is -0.496 e. The summed E-state index contributed by atoms with van der Waals surface area (Å²) in [5.41, 5.74) is -1.54. The summed E-state index contributed by atoms with van der Waals surface area (Å²) < 4.78 is 108. The van der Waals surface area contributed by atoms with Gasteiger partial charge in [-0.3, -0.25) is 0 Å². The molecule has 0 aliphatic heterocycles. The Labute approximate surface area is 163 Å². The third-order valence-corrected chi connectivity index (χ3v) is 5.26. The van der Waals surface area contributed by atoms with Gasteiger partial charge in [0.25, 0.3) is 5.16 Å². The Morgan fingerprint density at radius 3 is 1.93 bits per heavy atom. The van der Waals surface area contributed by atoms with Crippen molar-refractivity contribution in [3.05, 3.63) is 58.0 Å². The van der Waals surface area contributed by atoms with E-state index in [-0.39, 0.29) is 22.8 Å². The van der Waals surface area contributed by atoms with E-state index in [9.17, 15) is 30.4 Å². The van der Waals surface area contributed by atoms with Crippen LogP contribution >= 0.6 is 0 Å². The van der Waals surface area contributed by atoms with Crippen LogP contribution in [0, 0.1) is 17.5 Å². The van der Waals surface area contributed by atoms with E-state index in [0.29, 0.717) is 12.1 Å². The third-order valence-electron chi connectivity index (χ3n) is 3.87. The van der Waals surface area contributed by atoms with Crippen LogP contribution in [0.25, 0.3) is 5.83 Å². The number of methoxy groups -OCH3 is 3. The highest BCUT2D eigenvalue weighted by Crippen LogP contribution is 2.38. The fourth-order valence-electron chi connectivity index (χ4n) is 2.41. The van der Waals surface area contributed by atoms with Crippen LogP contribution in [0.2, 0.25) is 0 Å². The number of ether oxygens (including phenoxy) is 3. The van der Waals surface area contributed by atoms with E-state index < -0.39 is 49.6 Å². The second kappa shape index (κ2) is 8.68. The molecule has 0 atom stereocenters. The number of rotatable bonds is 7. The lowest BCUT2D eigenvalue weighted by atomic mass is 10.2. The minimum atomic E-state index is -5.03. The number of benzene rings is 2. The maximum atomic E-state index is 14.4. The average molecular weight is 438 g/mol. The first-order valence-corrected chi connectivity index (χ1v) is 9.43. The molecule has 11 heteroatoms. The van der Waals surface area contributed by atoms with Crippen molar-refractivity contribution < 1.29 is 44.6 Å². The largest absolute Gasteiger partial charge is 0.496 e. The topological polar surface area (TPSA) is 61.8 Å². The summed E-state index contributed by atoms with van der Waals surface area (Å²) in [6.45, 7) is 0. The molecule has 0 fully saturated rings. The van der Waals surface area contributed by atoms with Crippen LogP contribution in [0.15, 0.2) is 29.4 Å². The quantitative estimate of drug-likeness (QED) is 0.476. The van der Waals surface area contributed by atoms with Gasteiger partial charge in [-0.1, -0.05) is 0 Å². The van der Waals surface area contributed by atoms with E-state index in [2.05, 4.69) is 0 Å².